The molecule has 0 saturated carbocycles. The van der Waals surface area contributed by atoms with E-state index < -0.39 is 0 Å². The van der Waals surface area contributed by atoms with E-state index >= 15 is 0 Å². The standard InChI is InChI=1S/C76H49N5/c1-5-26-50(27-6-1)55-40-25-41-56(51-28-7-2-8-29-51)72(55)73-71(54-48-63(52-30-9-3-10-31-52)77-64(49-54)53-32-11-4-12-33-53)75(80-67-44-21-15-36-59(67)60-37-16-22-45-68(60)80)78-76(81-69-46-23-17-38-61(69)62-39-18-24-47-70(62)81)74(73)79-65-42-19-13-34-57(65)58-35-14-20-43-66(58)79/h1-49H. The topological polar surface area (TPSA) is 40.6 Å². The van der Waals surface area contributed by atoms with E-state index in [1.165, 1.54) is 0 Å². The number of pyridine rings is 2. The van der Waals surface area contributed by atoms with E-state index in [2.05, 4.69) is 311 Å². The van der Waals surface area contributed by atoms with Crippen LogP contribution in [0.4, 0.5) is 0 Å². The number of benzene rings is 11. The lowest BCUT2D eigenvalue weighted by Gasteiger charge is -2.28. The first-order valence-electron chi connectivity index (χ1n) is 27.7. The molecule has 0 spiro atoms. The molecule has 16 rings (SSSR count). The zero-order valence-corrected chi connectivity index (χ0v) is 44.0. The molecule has 81 heavy (non-hydrogen) atoms. The van der Waals surface area contributed by atoms with Crippen LogP contribution in [-0.2, 0) is 0 Å². The molecule has 0 bridgehead atoms. The second-order valence-electron chi connectivity index (χ2n) is 20.8. The van der Waals surface area contributed by atoms with Crippen LogP contribution in [0.3, 0.4) is 0 Å². The van der Waals surface area contributed by atoms with E-state index in [0.29, 0.717) is 0 Å². The van der Waals surface area contributed by atoms with Gasteiger partial charge >= 0.3 is 0 Å². The predicted octanol–water partition coefficient (Wildman–Crippen LogP) is 19.8. The Hall–Kier alpha value is -10.9. The summed E-state index contributed by atoms with van der Waals surface area (Å²) in [6, 6.07) is 108. The Balaban J connectivity index is 1.24. The van der Waals surface area contributed by atoms with Crippen molar-refractivity contribution in [1.29, 1.82) is 0 Å². The van der Waals surface area contributed by atoms with Crippen LogP contribution in [0.1, 0.15) is 0 Å². The maximum absolute atomic E-state index is 6.48. The van der Waals surface area contributed by atoms with Crippen molar-refractivity contribution in [3.63, 3.8) is 0 Å². The summed E-state index contributed by atoms with van der Waals surface area (Å²) in [4.78, 5) is 12.1. The highest BCUT2D eigenvalue weighted by molar-refractivity contribution is 6.16. The van der Waals surface area contributed by atoms with E-state index in [1.807, 2.05) is 0 Å². The largest absolute Gasteiger partial charge is 0.305 e. The maximum atomic E-state index is 6.48. The highest BCUT2D eigenvalue weighted by Gasteiger charge is 2.33. The number of hydrogen-bond donors (Lipinski definition) is 0. The molecule has 0 aliphatic rings. The van der Waals surface area contributed by atoms with E-state index in [4.69, 9.17) is 9.97 Å². The number of para-hydroxylation sites is 6. The summed E-state index contributed by atoms with van der Waals surface area (Å²) < 4.78 is 7.41. The minimum absolute atomic E-state index is 0.787. The SMILES string of the molecule is c1ccc(-c2cc(-c3c(-n4c5ccccc5c5ccccc54)nc(-n4c5ccccc5c5ccccc54)c(-n4c5ccccc5c5ccccc54)c3-c3c(-c4ccccc4)cccc3-c3ccccc3)cc(-c3ccccc3)n2)cc1. The predicted molar refractivity (Wildman–Crippen MR) is 338 cm³/mol. The summed E-state index contributed by atoms with van der Waals surface area (Å²) in [5.74, 6) is 1.58. The smallest absolute Gasteiger partial charge is 0.165 e. The van der Waals surface area contributed by atoms with Gasteiger partial charge in [0.2, 0.25) is 0 Å². The Morgan fingerprint density at radius 2 is 0.519 bits per heavy atom. The second kappa shape index (κ2) is 18.9. The van der Waals surface area contributed by atoms with Crippen LogP contribution in [0.5, 0.6) is 0 Å². The number of fused-ring (bicyclic) bond motifs is 9. The van der Waals surface area contributed by atoms with Crippen molar-refractivity contribution in [2.45, 2.75) is 0 Å². The van der Waals surface area contributed by atoms with Crippen LogP contribution in [-0.4, -0.2) is 23.7 Å². The zero-order valence-electron chi connectivity index (χ0n) is 44.0. The molecular weight excluding hydrogens is 983 g/mol. The molecule has 378 valence electrons. The fourth-order valence-electron chi connectivity index (χ4n) is 12.8. The van der Waals surface area contributed by atoms with Crippen LogP contribution in [0, 0.1) is 0 Å². The van der Waals surface area contributed by atoms with Gasteiger partial charge in [-0.2, -0.15) is 0 Å². The van der Waals surface area contributed by atoms with Crippen molar-refractivity contribution in [1.82, 2.24) is 23.7 Å². The molecule has 5 aromatic heterocycles. The molecule has 11 aromatic carbocycles. The van der Waals surface area contributed by atoms with Gasteiger partial charge in [0.25, 0.3) is 0 Å². The van der Waals surface area contributed by atoms with Crippen molar-refractivity contribution in [3.8, 4) is 84.3 Å². The van der Waals surface area contributed by atoms with Crippen molar-refractivity contribution in [3.05, 3.63) is 297 Å². The average Bonchev–Trinajstić information content (AvgIpc) is 2.81. The van der Waals surface area contributed by atoms with Gasteiger partial charge in [0.15, 0.2) is 5.82 Å². The highest BCUT2D eigenvalue weighted by Crippen LogP contribution is 2.53. The van der Waals surface area contributed by atoms with Crippen molar-refractivity contribution < 1.29 is 0 Å². The molecule has 16 aromatic rings. The Labute approximate surface area is 468 Å². The zero-order chi connectivity index (χ0) is 53.4. The summed E-state index contributed by atoms with van der Waals surface area (Å²) in [5.41, 5.74) is 19.5. The lowest BCUT2D eigenvalue weighted by atomic mass is 9.83. The van der Waals surface area contributed by atoms with Gasteiger partial charge in [0.05, 0.1) is 50.2 Å². The third kappa shape index (κ3) is 7.40. The molecule has 0 unspecified atom stereocenters. The van der Waals surface area contributed by atoms with E-state index in [0.717, 1.165) is 150 Å². The molecule has 0 fully saturated rings. The van der Waals surface area contributed by atoms with Gasteiger partial charge in [-0.15, -0.1) is 0 Å². The quantitative estimate of drug-likeness (QED) is 0.145. The summed E-state index contributed by atoms with van der Waals surface area (Å²) in [6.45, 7) is 0. The summed E-state index contributed by atoms with van der Waals surface area (Å²) in [5, 5.41) is 6.90. The fraction of sp³-hybridized carbons (Fsp3) is 0. The van der Waals surface area contributed by atoms with Crippen LogP contribution in [0.2, 0.25) is 0 Å². The molecule has 5 heterocycles. The van der Waals surface area contributed by atoms with Gasteiger partial charge in [0, 0.05) is 60.1 Å². The highest BCUT2D eigenvalue weighted by atomic mass is 15.2. The van der Waals surface area contributed by atoms with Crippen LogP contribution < -0.4 is 0 Å². The lowest BCUT2D eigenvalue weighted by molar-refractivity contribution is 0.987. The van der Waals surface area contributed by atoms with Gasteiger partial charge in [-0.1, -0.05) is 249 Å². The molecule has 0 N–H and O–H groups in total. The third-order valence-corrected chi connectivity index (χ3v) is 16.3. The van der Waals surface area contributed by atoms with Crippen molar-refractivity contribution >= 4 is 65.4 Å². The molecular formula is C76H49N5. The molecule has 0 aliphatic heterocycles. The molecule has 0 amide bonds. The first-order chi connectivity index (χ1) is 40.2. The molecule has 0 aliphatic carbocycles. The summed E-state index contributed by atoms with van der Waals surface area (Å²) in [6.07, 6.45) is 0. The van der Waals surface area contributed by atoms with Gasteiger partial charge in [-0.3, -0.25) is 9.13 Å². The minimum atomic E-state index is 0.787. The lowest BCUT2D eigenvalue weighted by Crippen LogP contribution is -2.14. The third-order valence-electron chi connectivity index (χ3n) is 16.3. The Morgan fingerprint density at radius 3 is 0.889 bits per heavy atom. The molecule has 5 nitrogen and oxygen atoms in total. The van der Waals surface area contributed by atoms with E-state index in [1.54, 1.807) is 0 Å². The molecule has 5 heteroatoms. The molecule has 0 saturated heterocycles. The van der Waals surface area contributed by atoms with Gasteiger partial charge in [-0.05, 0) is 76.3 Å². The second-order valence-corrected chi connectivity index (χ2v) is 20.8. The summed E-state index contributed by atoms with van der Waals surface area (Å²) in [7, 11) is 0. The van der Waals surface area contributed by atoms with Gasteiger partial charge in [-0.25, -0.2) is 9.97 Å². The van der Waals surface area contributed by atoms with E-state index in [-0.39, 0.29) is 0 Å². The fourth-order valence-corrected chi connectivity index (χ4v) is 12.8. The number of rotatable bonds is 9. The normalized spacial score (nSPS) is 11.7. The Kier molecular flexibility index (Phi) is 10.8. The number of aromatic nitrogens is 5. The molecule has 0 atom stereocenters. The summed E-state index contributed by atoms with van der Waals surface area (Å²) >= 11 is 0. The van der Waals surface area contributed by atoms with Crippen molar-refractivity contribution in [2.24, 2.45) is 0 Å². The Bertz CT molecular complexity index is 4820. The van der Waals surface area contributed by atoms with Crippen LogP contribution in [0.25, 0.3) is 150 Å². The monoisotopic (exact) mass is 1030 g/mol. The first-order valence-corrected chi connectivity index (χ1v) is 27.7. The van der Waals surface area contributed by atoms with Crippen LogP contribution >= 0.6 is 0 Å². The average molecular weight is 1030 g/mol. The van der Waals surface area contributed by atoms with Gasteiger partial charge < -0.3 is 4.57 Å². The maximum Gasteiger partial charge on any atom is 0.165 e. The van der Waals surface area contributed by atoms with E-state index in [9.17, 15) is 0 Å². The minimum Gasteiger partial charge on any atom is -0.305 e. The molecule has 0 radical (unpaired) electrons. The van der Waals surface area contributed by atoms with Gasteiger partial charge in [0.1, 0.15) is 5.82 Å². The Morgan fingerprint density at radius 1 is 0.210 bits per heavy atom. The van der Waals surface area contributed by atoms with Crippen LogP contribution in [0.15, 0.2) is 297 Å². The number of hydrogen-bond acceptors (Lipinski definition) is 2. The number of nitrogens with zero attached hydrogens (tertiary/aromatic N) is 5. The van der Waals surface area contributed by atoms with Crippen molar-refractivity contribution in [2.75, 3.05) is 0 Å². The first kappa shape index (κ1) is 46.2.